The number of esters is 1. The van der Waals surface area contributed by atoms with E-state index in [9.17, 15) is 9.18 Å². The minimum absolute atomic E-state index is 0.0884. The maximum atomic E-state index is 13.7. The van der Waals surface area contributed by atoms with Gasteiger partial charge >= 0.3 is 5.97 Å². The van der Waals surface area contributed by atoms with Crippen LogP contribution in [-0.2, 0) is 17.9 Å². The van der Waals surface area contributed by atoms with E-state index < -0.39 is 5.97 Å². The van der Waals surface area contributed by atoms with Gasteiger partial charge in [0.2, 0.25) is 0 Å². The van der Waals surface area contributed by atoms with Gasteiger partial charge in [-0.25, -0.2) is 9.18 Å². The number of hydrogen-bond acceptors (Lipinski definition) is 4. The van der Waals surface area contributed by atoms with Crippen LogP contribution < -0.4 is 0 Å². The fraction of sp³-hybridized carbons (Fsp3) is 0.143. The molecule has 6 heteroatoms. The van der Waals surface area contributed by atoms with Crippen molar-refractivity contribution < 1.29 is 13.9 Å². The molecule has 2 heterocycles. The van der Waals surface area contributed by atoms with Crippen molar-refractivity contribution in [2.45, 2.75) is 20.1 Å². The molecular formula is C21H17FN2O2S. The molecule has 4 rings (SSSR count). The minimum Gasteiger partial charge on any atom is -0.457 e. The Bertz CT molecular complexity index is 1100. The predicted octanol–water partition coefficient (Wildman–Crippen LogP) is 4.95. The second kappa shape index (κ2) is 7.32. The first-order valence-corrected chi connectivity index (χ1v) is 9.35. The van der Waals surface area contributed by atoms with Crippen molar-refractivity contribution in [3.8, 4) is 0 Å². The van der Waals surface area contributed by atoms with Crippen LogP contribution in [0.5, 0.6) is 0 Å². The molecule has 0 radical (unpaired) electrons. The van der Waals surface area contributed by atoms with Gasteiger partial charge in [-0.3, -0.25) is 4.68 Å². The van der Waals surface area contributed by atoms with Crippen LogP contribution in [0.15, 0.2) is 60.7 Å². The molecule has 0 aliphatic heterocycles. The van der Waals surface area contributed by atoms with Crippen LogP contribution in [0.4, 0.5) is 4.39 Å². The Labute approximate surface area is 159 Å². The van der Waals surface area contributed by atoms with Crippen LogP contribution in [0.2, 0.25) is 0 Å². The zero-order valence-electron chi connectivity index (χ0n) is 14.7. The number of carbonyl (C=O) groups is 1. The second-order valence-electron chi connectivity index (χ2n) is 6.23. The van der Waals surface area contributed by atoms with E-state index in [1.807, 2.05) is 41.9 Å². The van der Waals surface area contributed by atoms with Crippen molar-refractivity contribution in [1.29, 1.82) is 0 Å². The molecule has 2 aromatic heterocycles. The summed E-state index contributed by atoms with van der Waals surface area (Å²) in [5, 5.41) is 5.51. The summed E-state index contributed by atoms with van der Waals surface area (Å²) in [6.07, 6.45) is 0. The number of benzene rings is 2. The van der Waals surface area contributed by atoms with Crippen LogP contribution in [-0.4, -0.2) is 15.7 Å². The molecule has 0 aliphatic rings. The van der Waals surface area contributed by atoms with Gasteiger partial charge in [-0.1, -0.05) is 48.5 Å². The summed E-state index contributed by atoms with van der Waals surface area (Å²) < 4.78 is 20.9. The van der Waals surface area contributed by atoms with Gasteiger partial charge in [0.05, 0.1) is 12.2 Å². The first-order chi connectivity index (χ1) is 13.1. The van der Waals surface area contributed by atoms with Gasteiger partial charge in [-0.2, -0.15) is 5.10 Å². The molecule has 0 saturated heterocycles. The molecule has 2 aromatic carbocycles. The molecule has 136 valence electrons. The van der Waals surface area contributed by atoms with E-state index in [0.717, 1.165) is 21.5 Å². The van der Waals surface area contributed by atoms with E-state index in [2.05, 4.69) is 5.10 Å². The topological polar surface area (TPSA) is 44.1 Å². The second-order valence-corrected chi connectivity index (χ2v) is 7.26. The molecule has 0 aliphatic carbocycles. The Balaban J connectivity index is 1.55. The SMILES string of the molecule is Cc1nn(Cc2ccccc2)c2sc(C(=O)OCc3ccccc3F)cc12. The number of aryl methyl sites for hydroxylation is 1. The highest BCUT2D eigenvalue weighted by atomic mass is 32.1. The standard InChI is InChI=1S/C21H17FN2O2S/c1-14-17-11-19(21(25)26-13-16-9-5-6-10-18(16)22)27-20(17)24(23-14)12-15-7-3-2-4-8-15/h2-11H,12-13H2,1H3. The van der Waals surface area contributed by atoms with Crippen LogP contribution in [0, 0.1) is 12.7 Å². The van der Waals surface area contributed by atoms with Gasteiger partial charge in [0.15, 0.2) is 0 Å². The number of aromatic nitrogens is 2. The normalized spacial score (nSPS) is 11.0. The molecule has 0 amide bonds. The molecule has 0 atom stereocenters. The summed E-state index contributed by atoms with van der Waals surface area (Å²) in [6, 6.07) is 18.1. The first-order valence-electron chi connectivity index (χ1n) is 8.53. The molecule has 4 nitrogen and oxygen atoms in total. The molecule has 0 fully saturated rings. The highest BCUT2D eigenvalue weighted by molar-refractivity contribution is 7.20. The van der Waals surface area contributed by atoms with Crippen molar-refractivity contribution in [3.63, 3.8) is 0 Å². The summed E-state index contributed by atoms with van der Waals surface area (Å²) in [5.74, 6) is -0.832. The zero-order valence-corrected chi connectivity index (χ0v) is 15.5. The van der Waals surface area contributed by atoms with Crippen molar-refractivity contribution in [2.24, 2.45) is 0 Å². The maximum absolute atomic E-state index is 13.7. The lowest BCUT2D eigenvalue weighted by atomic mass is 10.2. The average molecular weight is 380 g/mol. The number of carbonyl (C=O) groups excluding carboxylic acids is 1. The van der Waals surface area contributed by atoms with Crippen molar-refractivity contribution in [2.75, 3.05) is 0 Å². The van der Waals surface area contributed by atoms with Gasteiger partial charge in [-0.15, -0.1) is 11.3 Å². The Hall–Kier alpha value is -2.99. The number of halogens is 1. The molecule has 4 aromatic rings. The lowest BCUT2D eigenvalue weighted by molar-refractivity contribution is 0.0475. The molecule has 0 spiro atoms. The van der Waals surface area contributed by atoms with Crippen molar-refractivity contribution >= 4 is 27.5 Å². The van der Waals surface area contributed by atoms with E-state index in [-0.39, 0.29) is 12.4 Å². The highest BCUT2D eigenvalue weighted by Gasteiger charge is 2.18. The van der Waals surface area contributed by atoms with E-state index in [4.69, 9.17) is 4.74 Å². The number of thiophene rings is 1. The smallest absolute Gasteiger partial charge is 0.348 e. The van der Waals surface area contributed by atoms with Gasteiger partial charge in [-0.05, 0) is 24.6 Å². The Morgan fingerprint density at radius 3 is 2.67 bits per heavy atom. The lowest BCUT2D eigenvalue weighted by Crippen LogP contribution is -2.04. The summed E-state index contributed by atoms with van der Waals surface area (Å²) in [4.78, 5) is 13.8. The van der Waals surface area contributed by atoms with Crippen LogP contribution in [0.1, 0.15) is 26.5 Å². The number of ether oxygens (including phenoxy) is 1. The van der Waals surface area contributed by atoms with E-state index in [1.54, 1.807) is 24.3 Å². The fourth-order valence-corrected chi connectivity index (χ4v) is 3.96. The lowest BCUT2D eigenvalue weighted by Gasteiger charge is -2.04. The van der Waals surface area contributed by atoms with Gasteiger partial charge in [0, 0.05) is 10.9 Å². The van der Waals surface area contributed by atoms with Gasteiger partial charge in [0.1, 0.15) is 22.1 Å². The van der Waals surface area contributed by atoms with E-state index in [0.29, 0.717) is 17.0 Å². The van der Waals surface area contributed by atoms with Crippen molar-refractivity contribution in [3.05, 3.63) is 88.2 Å². The maximum Gasteiger partial charge on any atom is 0.348 e. The largest absolute Gasteiger partial charge is 0.457 e. The summed E-state index contributed by atoms with van der Waals surface area (Å²) >= 11 is 1.34. The number of hydrogen-bond donors (Lipinski definition) is 0. The number of nitrogens with zero attached hydrogens (tertiary/aromatic N) is 2. The van der Waals surface area contributed by atoms with Gasteiger partial charge in [0.25, 0.3) is 0 Å². The fourth-order valence-electron chi connectivity index (χ4n) is 2.91. The molecule has 27 heavy (non-hydrogen) atoms. The molecule has 0 bridgehead atoms. The first kappa shape index (κ1) is 17.4. The van der Waals surface area contributed by atoms with E-state index >= 15 is 0 Å². The Morgan fingerprint density at radius 1 is 1.15 bits per heavy atom. The predicted molar refractivity (Wildman–Crippen MR) is 103 cm³/mol. The van der Waals surface area contributed by atoms with Crippen LogP contribution >= 0.6 is 11.3 Å². The van der Waals surface area contributed by atoms with E-state index in [1.165, 1.54) is 17.4 Å². The van der Waals surface area contributed by atoms with Crippen LogP contribution in [0.25, 0.3) is 10.2 Å². The highest BCUT2D eigenvalue weighted by Crippen LogP contribution is 2.29. The third-order valence-electron chi connectivity index (χ3n) is 4.30. The summed E-state index contributed by atoms with van der Waals surface area (Å²) in [5.41, 5.74) is 2.36. The number of fused-ring (bicyclic) bond motifs is 1. The molecule has 0 saturated carbocycles. The minimum atomic E-state index is -0.454. The van der Waals surface area contributed by atoms with Crippen LogP contribution in [0.3, 0.4) is 0 Å². The summed E-state index contributed by atoms with van der Waals surface area (Å²) in [6.45, 7) is 2.47. The zero-order chi connectivity index (χ0) is 18.8. The Morgan fingerprint density at radius 2 is 1.89 bits per heavy atom. The quantitative estimate of drug-likeness (QED) is 0.460. The average Bonchev–Trinajstić information content (AvgIpc) is 3.23. The third-order valence-corrected chi connectivity index (χ3v) is 5.43. The third kappa shape index (κ3) is 3.61. The monoisotopic (exact) mass is 380 g/mol. The summed E-state index contributed by atoms with van der Waals surface area (Å²) in [7, 11) is 0. The van der Waals surface area contributed by atoms with Crippen molar-refractivity contribution in [1.82, 2.24) is 9.78 Å². The van der Waals surface area contributed by atoms with Gasteiger partial charge < -0.3 is 4.74 Å². The number of rotatable bonds is 5. The Kier molecular flexibility index (Phi) is 4.73. The molecule has 0 unspecified atom stereocenters. The molecular weight excluding hydrogens is 363 g/mol. The molecule has 0 N–H and O–H groups in total.